The highest BCUT2D eigenvalue weighted by molar-refractivity contribution is 7.89. The van der Waals surface area contributed by atoms with Crippen LogP contribution in [0.15, 0.2) is 89.8 Å². The Morgan fingerprint density at radius 2 is 1.49 bits per heavy atom. The molecule has 0 spiro atoms. The van der Waals surface area contributed by atoms with Crippen molar-refractivity contribution in [2.45, 2.75) is 61.7 Å². The average molecular weight is 537 g/mol. The molecule has 0 heterocycles. The van der Waals surface area contributed by atoms with E-state index in [4.69, 9.17) is 18.0 Å². The van der Waals surface area contributed by atoms with Crippen LogP contribution >= 0.6 is 12.2 Å². The van der Waals surface area contributed by atoms with Gasteiger partial charge in [0.25, 0.3) is 0 Å². The molecular weight excluding hydrogens is 500 g/mol. The van der Waals surface area contributed by atoms with Gasteiger partial charge in [-0.3, -0.25) is 0 Å². The number of thiocarbonyl (C=S) groups is 1. The smallest absolute Gasteiger partial charge is 0.243 e. The summed E-state index contributed by atoms with van der Waals surface area (Å²) in [5.74, 6) is 0. The van der Waals surface area contributed by atoms with Gasteiger partial charge in [-0.15, -0.1) is 0 Å². The lowest BCUT2D eigenvalue weighted by Crippen LogP contribution is -2.53. The molecule has 0 radical (unpaired) electrons. The van der Waals surface area contributed by atoms with Crippen molar-refractivity contribution >= 4 is 27.4 Å². The van der Waals surface area contributed by atoms with Crippen LogP contribution in [-0.4, -0.2) is 37.0 Å². The zero-order valence-corrected chi connectivity index (χ0v) is 23.0. The van der Waals surface area contributed by atoms with Gasteiger partial charge in [-0.25, -0.2) is 8.42 Å². The van der Waals surface area contributed by atoms with Crippen LogP contribution in [0.3, 0.4) is 0 Å². The number of aryl methyl sites for hydroxylation is 1. The summed E-state index contributed by atoms with van der Waals surface area (Å²) >= 11 is 5.78. The van der Waals surface area contributed by atoms with Gasteiger partial charge in [-0.2, -0.15) is 4.31 Å². The van der Waals surface area contributed by atoms with Crippen molar-refractivity contribution in [1.82, 2.24) is 14.9 Å². The minimum atomic E-state index is -3.82. The van der Waals surface area contributed by atoms with E-state index in [2.05, 4.69) is 10.6 Å². The Bertz CT molecular complexity index is 1270. The number of benzene rings is 3. The van der Waals surface area contributed by atoms with Gasteiger partial charge in [0.05, 0.1) is 17.0 Å². The number of nitrogens with two attached hydrogens (primary N) is 1. The van der Waals surface area contributed by atoms with E-state index in [-0.39, 0.29) is 17.0 Å². The molecule has 4 atom stereocenters. The molecule has 1 aliphatic carbocycles. The van der Waals surface area contributed by atoms with E-state index < -0.39 is 22.1 Å². The summed E-state index contributed by atoms with van der Waals surface area (Å²) in [5.41, 5.74) is 9.16. The number of likely N-dealkylation sites (N-methyl/N-ethyl adjacent to an activating group) is 1. The summed E-state index contributed by atoms with van der Waals surface area (Å²) in [6, 6.07) is 25.6. The molecule has 1 saturated carbocycles. The van der Waals surface area contributed by atoms with Crippen LogP contribution in [0.25, 0.3) is 0 Å². The summed E-state index contributed by atoms with van der Waals surface area (Å²) in [6.45, 7) is 1.94. The summed E-state index contributed by atoms with van der Waals surface area (Å²) in [6.07, 6.45) is 4.17. The van der Waals surface area contributed by atoms with Crippen molar-refractivity contribution in [1.29, 1.82) is 0 Å². The van der Waals surface area contributed by atoms with Crippen LogP contribution in [0, 0.1) is 6.92 Å². The van der Waals surface area contributed by atoms with Crippen molar-refractivity contribution in [2.75, 3.05) is 7.05 Å². The Hall–Kier alpha value is -2.78. The SMILES string of the molecule is Cc1ccc(S(=O)(=O)N(C)[C@H](c2ccccc2)[C@H](NC(=S)N[C@@H]2CCCC[C@H]2N)c2ccccc2)cc1. The van der Waals surface area contributed by atoms with Gasteiger partial charge >= 0.3 is 0 Å². The van der Waals surface area contributed by atoms with Crippen molar-refractivity contribution in [2.24, 2.45) is 5.73 Å². The van der Waals surface area contributed by atoms with Gasteiger partial charge in [0.1, 0.15) is 0 Å². The first kappa shape index (κ1) is 27.3. The molecule has 0 aromatic heterocycles. The lowest BCUT2D eigenvalue weighted by atomic mass is 9.91. The molecule has 0 amide bonds. The highest BCUT2D eigenvalue weighted by Crippen LogP contribution is 2.37. The maximum atomic E-state index is 13.9. The summed E-state index contributed by atoms with van der Waals surface area (Å²) < 4.78 is 29.2. The second kappa shape index (κ2) is 12.2. The number of hydrogen-bond donors (Lipinski definition) is 3. The van der Waals surface area contributed by atoms with Crippen molar-refractivity contribution in [3.8, 4) is 0 Å². The predicted octanol–water partition coefficient (Wildman–Crippen LogP) is 4.83. The van der Waals surface area contributed by atoms with Gasteiger partial charge in [0.15, 0.2) is 5.11 Å². The van der Waals surface area contributed by atoms with E-state index in [1.54, 1.807) is 19.2 Å². The van der Waals surface area contributed by atoms with Gasteiger partial charge in [-0.1, -0.05) is 91.2 Å². The molecule has 1 fully saturated rings. The standard InChI is InChI=1S/C29H36N4O2S2/c1-21-17-19-24(20-18-21)37(34,35)33(2)28(23-13-7-4-8-14-23)27(22-11-5-3-6-12-22)32-29(36)31-26-16-10-9-15-25(26)30/h3-8,11-14,17-20,25-28H,9-10,15-16,30H2,1-2H3,(H2,31,32,36)/t25-,26-,27-,28-/m1/s1. The van der Waals surface area contributed by atoms with Gasteiger partial charge in [0, 0.05) is 19.1 Å². The fraction of sp³-hybridized carbons (Fsp3) is 0.345. The third kappa shape index (κ3) is 6.57. The minimum absolute atomic E-state index is 0.0400. The van der Waals surface area contributed by atoms with E-state index >= 15 is 0 Å². The van der Waals surface area contributed by atoms with Gasteiger partial charge in [-0.05, 0) is 55.2 Å². The molecule has 0 unspecified atom stereocenters. The number of hydrogen-bond acceptors (Lipinski definition) is 4. The summed E-state index contributed by atoms with van der Waals surface area (Å²) in [4.78, 5) is 0.252. The molecule has 4 N–H and O–H groups in total. The van der Waals surface area contributed by atoms with Crippen LogP contribution < -0.4 is 16.4 Å². The second-order valence-electron chi connectivity index (χ2n) is 9.75. The highest BCUT2D eigenvalue weighted by Gasteiger charge is 2.36. The molecule has 0 aliphatic heterocycles. The molecule has 3 aromatic carbocycles. The van der Waals surface area contributed by atoms with E-state index in [9.17, 15) is 8.42 Å². The fourth-order valence-corrected chi connectivity index (χ4v) is 6.62. The quantitative estimate of drug-likeness (QED) is 0.358. The Balaban J connectivity index is 1.73. The van der Waals surface area contributed by atoms with Crippen molar-refractivity contribution in [3.05, 3.63) is 102 Å². The first-order chi connectivity index (χ1) is 17.8. The van der Waals surface area contributed by atoms with Crippen molar-refractivity contribution in [3.63, 3.8) is 0 Å². The molecule has 8 heteroatoms. The Morgan fingerprint density at radius 1 is 0.919 bits per heavy atom. The summed E-state index contributed by atoms with van der Waals surface area (Å²) in [5, 5.41) is 7.36. The van der Waals surface area contributed by atoms with E-state index in [1.165, 1.54) is 4.31 Å². The largest absolute Gasteiger partial charge is 0.358 e. The van der Waals surface area contributed by atoms with Crippen LogP contribution in [0.2, 0.25) is 0 Å². The minimum Gasteiger partial charge on any atom is -0.358 e. The van der Waals surface area contributed by atoms with Gasteiger partial charge < -0.3 is 16.4 Å². The van der Waals surface area contributed by atoms with Crippen molar-refractivity contribution < 1.29 is 8.42 Å². The zero-order valence-electron chi connectivity index (χ0n) is 21.4. The Labute approximate surface area is 226 Å². The number of sulfonamides is 1. The molecular formula is C29H36N4O2S2. The maximum absolute atomic E-state index is 13.9. The molecule has 196 valence electrons. The first-order valence-electron chi connectivity index (χ1n) is 12.7. The molecule has 0 saturated heterocycles. The third-order valence-corrected chi connectivity index (χ3v) is 9.22. The normalized spacial score (nSPS) is 19.7. The predicted molar refractivity (Wildman–Crippen MR) is 154 cm³/mol. The van der Waals surface area contributed by atoms with Crippen LogP contribution in [0.5, 0.6) is 0 Å². The second-order valence-corrected chi connectivity index (χ2v) is 12.2. The number of nitrogens with zero attached hydrogens (tertiary/aromatic N) is 1. The first-order valence-corrected chi connectivity index (χ1v) is 14.6. The third-order valence-electron chi connectivity index (χ3n) is 7.13. The maximum Gasteiger partial charge on any atom is 0.243 e. The zero-order chi connectivity index (χ0) is 26.4. The average Bonchev–Trinajstić information content (AvgIpc) is 2.91. The topological polar surface area (TPSA) is 87.5 Å². The summed E-state index contributed by atoms with van der Waals surface area (Å²) in [7, 11) is -2.18. The highest BCUT2D eigenvalue weighted by atomic mass is 32.2. The fourth-order valence-electron chi connectivity index (χ4n) is 4.98. The van der Waals surface area contributed by atoms with Gasteiger partial charge in [0.2, 0.25) is 10.0 Å². The van der Waals surface area contributed by atoms with Crippen LogP contribution in [-0.2, 0) is 10.0 Å². The molecule has 4 rings (SSSR count). The molecule has 6 nitrogen and oxygen atoms in total. The van der Waals surface area contributed by atoms with E-state index in [0.717, 1.165) is 42.4 Å². The Morgan fingerprint density at radius 3 is 2.08 bits per heavy atom. The molecule has 1 aliphatic rings. The van der Waals surface area contributed by atoms with Crippen LogP contribution in [0.1, 0.15) is 54.5 Å². The van der Waals surface area contributed by atoms with E-state index in [0.29, 0.717) is 5.11 Å². The lowest BCUT2D eigenvalue weighted by Gasteiger charge is -2.37. The molecule has 3 aromatic rings. The molecule has 0 bridgehead atoms. The lowest BCUT2D eigenvalue weighted by molar-refractivity contribution is 0.308. The number of rotatable bonds is 8. The molecule has 37 heavy (non-hydrogen) atoms. The number of nitrogens with one attached hydrogen (secondary N) is 2. The Kier molecular flexibility index (Phi) is 8.97. The van der Waals surface area contributed by atoms with Crippen LogP contribution in [0.4, 0.5) is 0 Å². The monoisotopic (exact) mass is 536 g/mol. The van der Waals surface area contributed by atoms with E-state index in [1.807, 2.05) is 79.7 Å².